The second-order valence-electron chi connectivity index (χ2n) is 3.47. The Morgan fingerprint density at radius 2 is 1.94 bits per heavy atom. The van der Waals surface area contributed by atoms with Gasteiger partial charge in [0.2, 0.25) is 10.0 Å². The van der Waals surface area contributed by atoms with E-state index in [1.54, 1.807) is 30.3 Å². The number of nitrogens with one attached hydrogen (secondary N) is 1. The normalized spacial score (nSPS) is 11.9. The van der Waals surface area contributed by atoms with Crippen LogP contribution in [0, 0.1) is 0 Å². The average Bonchev–Trinajstić information content (AvgIpc) is 2.30. The first-order chi connectivity index (χ1) is 7.56. The molecule has 0 amide bonds. The summed E-state index contributed by atoms with van der Waals surface area (Å²) in [7, 11) is -1.55. The molecule has 0 aliphatic rings. The summed E-state index contributed by atoms with van der Waals surface area (Å²) in [6, 6.07) is 8.30. The molecular formula is C10H17N3O2S. The Kier molecular flexibility index (Phi) is 4.88. The van der Waals surface area contributed by atoms with Crippen molar-refractivity contribution in [3.05, 3.63) is 30.3 Å². The Labute approximate surface area is 96.3 Å². The van der Waals surface area contributed by atoms with Gasteiger partial charge >= 0.3 is 0 Å². The van der Waals surface area contributed by atoms with E-state index in [0.29, 0.717) is 19.8 Å². The molecule has 0 aliphatic carbocycles. The molecule has 0 fully saturated rings. The maximum atomic E-state index is 11.7. The molecule has 0 unspecified atom stereocenters. The van der Waals surface area contributed by atoms with Gasteiger partial charge < -0.3 is 5.73 Å². The monoisotopic (exact) mass is 243 g/mol. The van der Waals surface area contributed by atoms with Gasteiger partial charge in [-0.25, -0.2) is 13.1 Å². The van der Waals surface area contributed by atoms with Gasteiger partial charge in [-0.15, -0.1) is 0 Å². The SMILES string of the molecule is CN(CN)CCNS(=O)(=O)c1ccccc1. The molecule has 0 aliphatic heterocycles. The number of likely N-dealkylation sites (N-methyl/N-ethyl adjacent to an activating group) is 1. The van der Waals surface area contributed by atoms with Gasteiger partial charge in [0.25, 0.3) is 0 Å². The topological polar surface area (TPSA) is 75.4 Å². The Balaban J connectivity index is 2.54. The molecule has 0 atom stereocenters. The van der Waals surface area contributed by atoms with Crippen LogP contribution >= 0.6 is 0 Å². The highest BCUT2D eigenvalue weighted by molar-refractivity contribution is 7.89. The maximum Gasteiger partial charge on any atom is 0.240 e. The molecule has 0 radical (unpaired) electrons. The second kappa shape index (κ2) is 5.95. The molecular weight excluding hydrogens is 226 g/mol. The van der Waals surface area contributed by atoms with Crippen molar-refractivity contribution in [1.29, 1.82) is 0 Å². The summed E-state index contributed by atoms with van der Waals surface area (Å²) in [5.74, 6) is 0. The number of rotatable bonds is 6. The smallest absolute Gasteiger partial charge is 0.240 e. The third kappa shape index (κ3) is 3.90. The molecule has 90 valence electrons. The van der Waals surface area contributed by atoms with Crippen molar-refractivity contribution in [3.63, 3.8) is 0 Å². The minimum atomic E-state index is -3.38. The van der Waals surface area contributed by atoms with E-state index < -0.39 is 10.0 Å². The molecule has 3 N–H and O–H groups in total. The summed E-state index contributed by atoms with van der Waals surface area (Å²) < 4.78 is 26.0. The van der Waals surface area contributed by atoms with Crippen molar-refractivity contribution >= 4 is 10.0 Å². The van der Waals surface area contributed by atoms with Crippen molar-refractivity contribution in [2.24, 2.45) is 5.73 Å². The Morgan fingerprint density at radius 1 is 1.31 bits per heavy atom. The Bertz CT molecular complexity index is 405. The van der Waals surface area contributed by atoms with Crippen LogP contribution in [0.4, 0.5) is 0 Å². The summed E-state index contributed by atoms with van der Waals surface area (Å²) in [6.07, 6.45) is 0. The zero-order valence-corrected chi connectivity index (χ0v) is 10.1. The quantitative estimate of drug-likeness (QED) is 0.679. The lowest BCUT2D eigenvalue weighted by Crippen LogP contribution is -2.35. The fourth-order valence-electron chi connectivity index (χ4n) is 1.15. The first-order valence-electron chi connectivity index (χ1n) is 4.99. The first kappa shape index (κ1) is 13.1. The van der Waals surface area contributed by atoms with Crippen molar-refractivity contribution in [1.82, 2.24) is 9.62 Å². The van der Waals surface area contributed by atoms with E-state index in [1.807, 2.05) is 11.9 Å². The molecule has 0 aromatic heterocycles. The molecule has 5 nitrogen and oxygen atoms in total. The van der Waals surface area contributed by atoms with Crippen molar-refractivity contribution in [2.75, 3.05) is 26.8 Å². The van der Waals surface area contributed by atoms with Gasteiger partial charge in [0.15, 0.2) is 0 Å². The molecule has 6 heteroatoms. The molecule has 0 saturated carbocycles. The lowest BCUT2D eigenvalue weighted by Gasteiger charge is -2.13. The zero-order chi connectivity index (χ0) is 12.0. The highest BCUT2D eigenvalue weighted by atomic mass is 32.2. The zero-order valence-electron chi connectivity index (χ0n) is 9.26. The predicted molar refractivity (Wildman–Crippen MR) is 63.3 cm³/mol. The van der Waals surface area contributed by atoms with E-state index in [0.717, 1.165) is 0 Å². The largest absolute Gasteiger partial charge is 0.318 e. The summed E-state index contributed by atoms with van der Waals surface area (Å²) in [5.41, 5.74) is 5.38. The lowest BCUT2D eigenvalue weighted by molar-refractivity contribution is 0.349. The summed E-state index contributed by atoms with van der Waals surface area (Å²) in [6.45, 7) is 1.35. The standard InChI is InChI=1S/C10H17N3O2S/c1-13(9-11)8-7-12-16(14,15)10-5-3-2-4-6-10/h2-6,12H,7-9,11H2,1H3. The van der Waals surface area contributed by atoms with E-state index in [-0.39, 0.29) is 4.90 Å². The van der Waals surface area contributed by atoms with Crippen LogP contribution in [0.25, 0.3) is 0 Å². The molecule has 1 aromatic carbocycles. The molecule has 0 heterocycles. The minimum absolute atomic E-state index is 0.283. The van der Waals surface area contributed by atoms with Gasteiger partial charge in [0.05, 0.1) is 4.90 Å². The van der Waals surface area contributed by atoms with Crippen molar-refractivity contribution in [2.45, 2.75) is 4.90 Å². The van der Waals surface area contributed by atoms with Crippen LogP contribution in [-0.2, 0) is 10.0 Å². The third-order valence-electron chi connectivity index (χ3n) is 2.15. The lowest BCUT2D eigenvalue weighted by atomic mass is 10.4. The van der Waals surface area contributed by atoms with Crippen LogP contribution in [0.15, 0.2) is 35.2 Å². The van der Waals surface area contributed by atoms with Gasteiger partial charge in [-0.2, -0.15) is 0 Å². The average molecular weight is 243 g/mol. The first-order valence-corrected chi connectivity index (χ1v) is 6.48. The van der Waals surface area contributed by atoms with Crippen LogP contribution in [0.3, 0.4) is 0 Å². The molecule has 1 aromatic rings. The summed E-state index contributed by atoms with van der Waals surface area (Å²) >= 11 is 0. The highest BCUT2D eigenvalue weighted by Crippen LogP contribution is 2.06. The van der Waals surface area contributed by atoms with E-state index in [9.17, 15) is 8.42 Å². The van der Waals surface area contributed by atoms with Crippen LogP contribution in [0.1, 0.15) is 0 Å². The van der Waals surface area contributed by atoms with Crippen molar-refractivity contribution < 1.29 is 8.42 Å². The van der Waals surface area contributed by atoms with Crippen LogP contribution in [-0.4, -0.2) is 40.1 Å². The maximum absolute atomic E-state index is 11.7. The number of sulfonamides is 1. The van der Waals surface area contributed by atoms with Gasteiger partial charge in [-0.05, 0) is 19.2 Å². The van der Waals surface area contributed by atoms with Crippen LogP contribution in [0.2, 0.25) is 0 Å². The van der Waals surface area contributed by atoms with E-state index in [1.165, 1.54) is 0 Å². The van der Waals surface area contributed by atoms with E-state index >= 15 is 0 Å². The highest BCUT2D eigenvalue weighted by Gasteiger charge is 2.12. The van der Waals surface area contributed by atoms with Gasteiger partial charge in [0, 0.05) is 19.8 Å². The van der Waals surface area contributed by atoms with Gasteiger partial charge in [-0.1, -0.05) is 18.2 Å². The fraction of sp³-hybridized carbons (Fsp3) is 0.400. The number of benzene rings is 1. The van der Waals surface area contributed by atoms with E-state index in [4.69, 9.17) is 5.73 Å². The number of nitrogens with zero attached hydrogens (tertiary/aromatic N) is 1. The van der Waals surface area contributed by atoms with Crippen LogP contribution in [0.5, 0.6) is 0 Å². The summed E-state index contributed by atoms with van der Waals surface area (Å²) in [4.78, 5) is 2.11. The van der Waals surface area contributed by atoms with Crippen LogP contribution < -0.4 is 10.5 Å². The second-order valence-corrected chi connectivity index (χ2v) is 5.24. The van der Waals surface area contributed by atoms with Crippen molar-refractivity contribution in [3.8, 4) is 0 Å². The van der Waals surface area contributed by atoms with Gasteiger partial charge in [-0.3, -0.25) is 4.90 Å². The molecule has 0 saturated heterocycles. The Morgan fingerprint density at radius 3 is 2.50 bits per heavy atom. The van der Waals surface area contributed by atoms with Gasteiger partial charge in [0.1, 0.15) is 0 Å². The number of nitrogens with two attached hydrogens (primary N) is 1. The number of hydrogen-bond donors (Lipinski definition) is 2. The molecule has 1 rings (SSSR count). The number of hydrogen-bond acceptors (Lipinski definition) is 4. The predicted octanol–water partition coefficient (Wildman–Crippen LogP) is -0.187. The molecule has 0 bridgehead atoms. The molecule has 16 heavy (non-hydrogen) atoms. The van der Waals surface area contributed by atoms with E-state index in [2.05, 4.69) is 4.72 Å². The Hall–Kier alpha value is -0.950. The fourth-order valence-corrected chi connectivity index (χ4v) is 2.19. The minimum Gasteiger partial charge on any atom is -0.318 e. The molecule has 0 spiro atoms. The third-order valence-corrected chi connectivity index (χ3v) is 3.63. The summed E-state index contributed by atoms with van der Waals surface area (Å²) in [5, 5.41) is 0.